The van der Waals surface area contributed by atoms with E-state index in [1.165, 1.54) is 14.2 Å². The summed E-state index contributed by atoms with van der Waals surface area (Å²) in [6.07, 6.45) is 0. The van der Waals surface area contributed by atoms with Crippen molar-refractivity contribution in [2.75, 3.05) is 27.1 Å². The number of aromatic nitrogens is 3. The molecule has 0 radical (unpaired) electrons. The molecule has 0 amide bonds. The van der Waals surface area contributed by atoms with E-state index in [0.717, 1.165) is 55.2 Å². The number of hydrogen-bond acceptors (Lipinski definition) is 11. The number of ether oxygens (including phenoxy) is 3. The Bertz CT molecular complexity index is 1990. The summed E-state index contributed by atoms with van der Waals surface area (Å²) in [5, 5.41) is 4.37. The molecule has 0 saturated carbocycles. The van der Waals surface area contributed by atoms with Crippen LogP contribution >= 0.6 is 11.3 Å². The summed E-state index contributed by atoms with van der Waals surface area (Å²) in [6, 6.07) is 10.9. The van der Waals surface area contributed by atoms with Crippen LogP contribution in [0.25, 0.3) is 22.0 Å². The lowest BCUT2D eigenvalue weighted by Gasteiger charge is -2.16. The number of anilines is 1. The number of rotatable bonds is 8. The van der Waals surface area contributed by atoms with Gasteiger partial charge in [0.1, 0.15) is 0 Å². The molecule has 0 unspecified atom stereocenters. The average molecular weight is 643 g/mol. The molecule has 0 fully saturated rings. The predicted molar refractivity (Wildman–Crippen MR) is 168 cm³/mol. The second-order valence-electron chi connectivity index (χ2n) is 10.0. The highest BCUT2D eigenvalue weighted by Gasteiger charge is 2.22. The van der Waals surface area contributed by atoms with E-state index in [1.807, 2.05) is 45.0 Å². The van der Waals surface area contributed by atoms with Gasteiger partial charge in [-0.15, -0.1) is 11.3 Å². The molecule has 12 nitrogen and oxygen atoms in total. The Balaban J connectivity index is 0.000000375. The molecular formula is C30H34N4O8S2. The molecule has 0 atom stereocenters. The van der Waals surface area contributed by atoms with E-state index >= 15 is 0 Å². The third-order valence-corrected chi connectivity index (χ3v) is 9.20. The van der Waals surface area contributed by atoms with Crippen molar-refractivity contribution in [2.24, 2.45) is 0 Å². The third-order valence-electron chi connectivity index (χ3n) is 6.79. The molecule has 1 aromatic carbocycles. The van der Waals surface area contributed by atoms with Gasteiger partial charge in [0.05, 0.1) is 32.9 Å². The first-order valence-electron chi connectivity index (χ1n) is 13.3. The summed E-state index contributed by atoms with van der Waals surface area (Å²) >= 11 is 1.03. The Labute approximate surface area is 258 Å². The molecule has 0 aliphatic carbocycles. The Hall–Kier alpha value is -4.24. The second kappa shape index (κ2) is 13.2. The summed E-state index contributed by atoms with van der Waals surface area (Å²) in [5.41, 5.74) is 11.4. The number of nitrogens with zero attached hydrogens (tertiary/aromatic N) is 3. The molecule has 0 spiro atoms. The number of thiophene rings is 1. The predicted octanol–water partition coefficient (Wildman–Crippen LogP) is 5.07. The van der Waals surface area contributed by atoms with Crippen molar-refractivity contribution in [3.63, 3.8) is 0 Å². The molecule has 3 N–H and O–H groups in total. The fourth-order valence-electron chi connectivity index (χ4n) is 5.06. The molecule has 4 aromatic heterocycles. The van der Waals surface area contributed by atoms with Gasteiger partial charge in [0.25, 0.3) is 5.56 Å². The summed E-state index contributed by atoms with van der Waals surface area (Å²) in [6.45, 7) is 8.14. The minimum absolute atomic E-state index is 0.0886. The Kier molecular flexibility index (Phi) is 9.78. The molecule has 0 saturated heterocycles. The first-order valence-corrected chi connectivity index (χ1v) is 15.5. The maximum Gasteiger partial charge on any atom is 0.356 e. The highest BCUT2D eigenvalue weighted by Crippen LogP contribution is 2.37. The largest absolute Gasteiger partial charge is 0.487 e. The van der Waals surface area contributed by atoms with E-state index in [9.17, 15) is 17.8 Å². The van der Waals surface area contributed by atoms with E-state index < -0.39 is 10.1 Å². The van der Waals surface area contributed by atoms with Crippen LogP contribution in [0.3, 0.4) is 0 Å². The fourth-order valence-corrected chi connectivity index (χ4v) is 7.07. The minimum Gasteiger partial charge on any atom is -0.487 e. The summed E-state index contributed by atoms with van der Waals surface area (Å²) in [4.78, 5) is 18.3. The van der Waals surface area contributed by atoms with Crippen LogP contribution in [0.4, 0.5) is 5.82 Å². The molecule has 5 rings (SSSR count). The second-order valence-corrected chi connectivity index (χ2v) is 12.9. The smallest absolute Gasteiger partial charge is 0.356 e. The number of fused-ring (bicyclic) bond motifs is 1. The van der Waals surface area contributed by atoms with Gasteiger partial charge in [0.15, 0.2) is 4.21 Å². The SMILES string of the molecule is COCc1cc(Cn2c(=O)cc(C)c3c(C)nc(C)cc32)ccc1-c1cc(C)sc1S(=O)(=O)O.COc1onc(N)c1OC. The maximum absolute atomic E-state index is 13.0. The highest BCUT2D eigenvalue weighted by atomic mass is 32.3. The zero-order chi connectivity index (χ0) is 32.3. The summed E-state index contributed by atoms with van der Waals surface area (Å²) in [7, 11) is 0.109. The highest BCUT2D eigenvalue weighted by molar-refractivity contribution is 7.88. The van der Waals surface area contributed by atoms with Crippen molar-refractivity contribution >= 4 is 38.2 Å². The topological polar surface area (TPSA) is 169 Å². The van der Waals surface area contributed by atoms with Crippen molar-refractivity contribution < 1.29 is 31.7 Å². The van der Waals surface area contributed by atoms with E-state index in [-0.39, 0.29) is 28.1 Å². The molecule has 44 heavy (non-hydrogen) atoms. The van der Waals surface area contributed by atoms with Gasteiger partial charge in [-0.25, -0.2) is 0 Å². The van der Waals surface area contributed by atoms with Crippen LogP contribution in [0, 0.1) is 27.7 Å². The average Bonchev–Trinajstić information content (AvgIpc) is 3.52. The van der Waals surface area contributed by atoms with E-state index in [0.29, 0.717) is 23.4 Å². The van der Waals surface area contributed by atoms with Crippen LogP contribution in [-0.4, -0.2) is 49.0 Å². The fraction of sp³-hybridized carbons (Fsp3) is 0.300. The van der Waals surface area contributed by atoms with Crippen molar-refractivity contribution in [3.05, 3.63) is 79.7 Å². The van der Waals surface area contributed by atoms with Crippen LogP contribution in [0.15, 0.2) is 49.9 Å². The Morgan fingerprint density at radius 1 is 1.02 bits per heavy atom. The van der Waals surface area contributed by atoms with Crippen LogP contribution in [0.1, 0.15) is 33.0 Å². The molecule has 234 valence electrons. The zero-order valence-corrected chi connectivity index (χ0v) is 27.1. The lowest BCUT2D eigenvalue weighted by molar-refractivity contribution is 0.185. The lowest BCUT2D eigenvalue weighted by Crippen LogP contribution is -2.21. The number of aryl methyl sites for hydroxylation is 4. The van der Waals surface area contributed by atoms with E-state index in [4.69, 9.17) is 19.9 Å². The van der Waals surface area contributed by atoms with Crippen molar-refractivity contribution in [2.45, 2.75) is 45.1 Å². The molecule has 0 aliphatic heterocycles. The standard InChI is InChI=1S/C25H26N2O5S2.C5H8N2O3/c1-14-8-23(28)27(22-9-15(2)26-17(4)24(14)22)12-18-6-7-20(19(11-18)13-32-5)21-10-16(3)33-25(21)34(29,30)31;1-8-3-4(6)7-10-5(3)9-2/h6-11H,12-13H2,1-5H3,(H,29,30,31);1-2H3,(H2,6,7). The van der Waals surface area contributed by atoms with Crippen LogP contribution in [-0.2, 0) is 28.0 Å². The van der Waals surface area contributed by atoms with Crippen molar-refractivity contribution in [1.29, 1.82) is 0 Å². The molecule has 14 heteroatoms. The number of nitrogen functional groups attached to an aromatic ring is 1. The first-order chi connectivity index (χ1) is 20.8. The molecule has 0 bridgehead atoms. The third kappa shape index (κ3) is 6.78. The number of pyridine rings is 2. The van der Waals surface area contributed by atoms with Crippen molar-refractivity contribution in [1.82, 2.24) is 14.7 Å². The van der Waals surface area contributed by atoms with Crippen LogP contribution < -0.4 is 20.8 Å². The van der Waals surface area contributed by atoms with Gasteiger partial charge >= 0.3 is 16.1 Å². The van der Waals surface area contributed by atoms with Gasteiger partial charge in [0, 0.05) is 40.4 Å². The quantitative estimate of drug-likeness (QED) is 0.217. The molecule has 5 aromatic rings. The number of methoxy groups -OCH3 is 3. The molecule has 0 aliphatic rings. The maximum atomic E-state index is 13.0. The number of nitrogens with two attached hydrogens (primary N) is 1. The minimum atomic E-state index is -4.37. The molecular weight excluding hydrogens is 608 g/mol. The lowest BCUT2D eigenvalue weighted by atomic mass is 9.99. The summed E-state index contributed by atoms with van der Waals surface area (Å²) in [5.74, 6) is 0.724. The number of hydrogen-bond donors (Lipinski definition) is 2. The number of benzene rings is 1. The van der Waals surface area contributed by atoms with E-state index in [1.54, 1.807) is 30.7 Å². The Morgan fingerprint density at radius 2 is 1.75 bits per heavy atom. The van der Waals surface area contributed by atoms with Gasteiger partial charge < -0.3 is 29.0 Å². The van der Waals surface area contributed by atoms with Crippen LogP contribution in [0.5, 0.6) is 11.7 Å². The van der Waals surface area contributed by atoms with Gasteiger partial charge in [-0.1, -0.05) is 23.4 Å². The van der Waals surface area contributed by atoms with Gasteiger partial charge in [-0.05, 0) is 62.1 Å². The summed E-state index contributed by atoms with van der Waals surface area (Å²) < 4.78 is 54.8. The van der Waals surface area contributed by atoms with Gasteiger partial charge in [0.2, 0.25) is 11.6 Å². The Morgan fingerprint density at radius 3 is 2.36 bits per heavy atom. The first kappa shape index (κ1) is 32.7. The zero-order valence-electron chi connectivity index (χ0n) is 25.4. The van der Waals surface area contributed by atoms with Gasteiger partial charge in [-0.2, -0.15) is 8.42 Å². The van der Waals surface area contributed by atoms with Crippen molar-refractivity contribution in [3.8, 4) is 22.8 Å². The molecule has 4 heterocycles. The van der Waals surface area contributed by atoms with Crippen LogP contribution in [0.2, 0.25) is 0 Å². The van der Waals surface area contributed by atoms with E-state index in [2.05, 4.69) is 14.7 Å². The van der Waals surface area contributed by atoms with Gasteiger partial charge in [-0.3, -0.25) is 14.3 Å². The monoisotopic (exact) mass is 642 g/mol. The normalized spacial score (nSPS) is 11.4.